The van der Waals surface area contributed by atoms with Crippen molar-refractivity contribution >= 4 is 11.8 Å². The van der Waals surface area contributed by atoms with Crippen molar-refractivity contribution in [2.45, 2.75) is 13.3 Å². The van der Waals surface area contributed by atoms with Crippen molar-refractivity contribution < 1.29 is 9.59 Å². The van der Waals surface area contributed by atoms with Gasteiger partial charge in [-0.15, -0.1) is 0 Å². The van der Waals surface area contributed by atoms with Gasteiger partial charge in [0.15, 0.2) is 0 Å². The molecule has 12 heavy (non-hydrogen) atoms. The summed E-state index contributed by atoms with van der Waals surface area (Å²) in [5, 5.41) is 2.60. The first-order valence-electron chi connectivity index (χ1n) is 4.18. The Balaban J connectivity index is 2.65. The molecular formula is C8H14N2O2. The summed E-state index contributed by atoms with van der Waals surface area (Å²) in [7, 11) is 1.66. The van der Waals surface area contributed by atoms with Gasteiger partial charge in [-0.05, 0) is 12.3 Å². The van der Waals surface area contributed by atoms with Crippen LogP contribution in [-0.4, -0.2) is 36.9 Å². The molecule has 4 nitrogen and oxygen atoms in total. The third kappa shape index (κ3) is 1.75. The normalized spacial score (nSPS) is 25.2. The van der Waals surface area contributed by atoms with E-state index in [-0.39, 0.29) is 0 Å². The van der Waals surface area contributed by atoms with Crippen molar-refractivity contribution in [3.05, 3.63) is 0 Å². The highest BCUT2D eigenvalue weighted by Gasteiger charge is 2.25. The predicted octanol–water partition coefficient (Wildman–Crippen LogP) is -0.399. The molecule has 68 valence electrons. The van der Waals surface area contributed by atoms with Gasteiger partial charge in [-0.25, -0.2) is 0 Å². The van der Waals surface area contributed by atoms with Crippen LogP contribution in [0.25, 0.3) is 0 Å². The SMILES string of the molecule is CC[C@H]1CNC(=O)C(=O)N(C)C1. The number of nitrogens with zero attached hydrogens (tertiary/aromatic N) is 1. The van der Waals surface area contributed by atoms with Crippen molar-refractivity contribution in [3.63, 3.8) is 0 Å². The minimum absolute atomic E-state index is 0.394. The van der Waals surface area contributed by atoms with Crippen LogP contribution in [0.5, 0.6) is 0 Å². The molecule has 0 aliphatic carbocycles. The molecule has 0 spiro atoms. The summed E-state index contributed by atoms with van der Waals surface area (Å²) in [5.74, 6) is -0.509. The van der Waals surface area contributed by atoms with E-state index >= 15 is 0 Å². The molecule has 4 heteroatoms. The molecular weight excluding hydrogens is 156 g/mol. The van der Waals surface area contributed by atoms with Crippen LogP contribution >= 0.6 is 0 Å². The first-order valence-corrected chi connectivity index (χ1v) is 4.18. The van der Waals surface area contributed by atoms with Gasteiger partial charge in [-0.1, -0.05) is 6.92 Å². The topological polar surface area (TPSA) is 49.4 Å². The summed E-state index contributed by atoms with van der Waals surface area (Å²) in [6.45, 7) is 3.35. The van der Waals surface area contributed by atoms with Crippen molar-refractivity contribution in [3.8, 4) is 0 Å². The molecule has 1 saturated heterocycles. The zero-order chi connectivity index (χ0) is 9.14. The van der Waals surface area contributed by atoms with Gasteiger partial charge in [-0.2, -0.15) is 0 Å². The van der Waals surface area contributed by atoms with Gasteiger partial charge in [0.25, 0.3) is 0 Å². The van der Waals surface area contributed by atoms with Crippen molar-refractivity contribution in [2.75, 3.05) is 20.1 Å². The Morgan fingerprint density at radius 2 is 2.25 bits per heavy atom. The summed E-state index contributed by atoms with van der Waals surface area (Å²) in [6, 6.07) is 0. The van der Waals surface area contributed by atoms with E-state index in [4.69, 9.17) is 0 Å². The van der Waals surface area contributed by atoms with E-state index in [0.29, 0.717) is 19.0 Å². The number of rotatable bonds is 1. The van der Waals surface area contributed by atoms with E-state index < -0.39 is 11.8 Å². The molecule has 0 radical (unpaired) electrons. The third-order valence-electron chi connectivity index (χ3n) is 2.20. The average molecular weight is 170 g/mol. The summed E-state index contributed by atoms with van der Waals surface area (Å²) in [4.78, 5) is 23.6. The molecule has 1 N–H and O–H groups in total. The number of nitrogens with one attached hydrogen (secondary N) is 1. The third-order valence-corrected chi connectivity index (χ3v) is 2.20. The number of likely N-dealkylation sites (N-methyl/N-ethyl adjacent to an activating group) is 1. The zero-order valence-corrected chi connectivity index (χ0v) is 7.46. The maximum absolute atomic E-state index is 11.1. The second kappa shape index (κ2) is 3.56. The molecule has 1 heterocycles. The van der Waals surface area contributed by atoms with Crippen LogP contribution in [0.3, 0.4) is 0 Å². The van der Waals surface area contributed by atoms with Crippen LogP contribution in [0.4, 0.5) is 0 Å². The monoisotopic (exact) mass is 170 g/mol. The van der Waals surface area contributed by atoms with Gasteiger partial charge in [0.05, 0.1) is 0 Å². The number of hydrogen-bond acceptors (Lipinski definition) is 2. The molecule has 0 bridgehead atoms. The number of hydrogen-bond donors (Lipinski definition) is 1. The molecule has 0 unspecified atom stereocenters. The lowest BCUT2D eigenvalue weighted by Gasteiger charge is -2.16. The van der Waals surface area contributed by atoms with E-state index in [1.165, 1.54) is 4.90 Å². The zero-order valence-electron chi connectivity index (χ0n) is 7.46. The van der Waals surface area contributed by atoms with E-state index in [1.54, 1.807) is 7.05 Å². The Morgan fingerprint density at radius 3 is 2.83 bits per heavy atom. The minimum Gasteiger partial charge on any atom is -0.347 e. The van der Waals surface area contributed by atoms with E-state index in [2.05, 4.69) is 12.2 Å². The Kier molecular flexibility index (Phi) is 2.68. The van der Waals surface area contributed by atoms with Crippen molar-refractivity contribution in [1.82, 2.24) is 10.2 Å². The lowest BCUT2D eigenvalue weighted by molar-refractivity contribution is -0.144. The lowest BCUT2D eigenvalue weighted by atomic mass is 10.1. The largest absolute Gasteiger partial charge is 0.347 e. The van der Waals surface area contributed by atoms with Crippen molar-refractivity contribution in [1.29, 1.82) is 0 Å². The standard InChI is InChI=1S/C8H14N2O2/c1-3-6-4-9-7(11)8(12)10(2)5-6/h6H,3-5H2,1-2H3,(H,9,11)/t6-/m0/s1. The van der Waals surface area contributed by atoms with Crippen molar-refractivity contribution in [2.24, 2.45) is 5.92 Å². The van der Waals surface area contributed by atoms with Crippen LogP contribution in [0, 0.1) is 5.92 Å². The van der Waals surface area contributed by atoms with E-state index in [1.807, 2.05) is 0 Å². The fourth-order valence-electron chi connectivity index (χ4n) is 1.29. The first-order chi connectivity index (χ1) is 5.65. The van der Waals surface area contributed by atoms with Crippen LogP contribution < -0.4 is 5.32 Å². The number of carbonyl (C=O) groups excluding carboxylic acids is 2. The smallest absolute Gasteiger partial charge is 0.311 e. The molecule has 0 aromatic rings. The fraction of sp³-hybridized carbons (Fsp3) is 0.750. The highest BCUT2D eigenvalue weighted by molar-refractivity contribution is 6.35. The maximum atomic E-state index is 11.1. The van der Waals surface area contributed by atoms with E-state index in [0.717, 1.165) is 6.42 Å². The second-order valence-electron chi connectivity index (χ2n) is 3.17. The Morgan fingerprint density at radius 1 is 1.58 bits per heavy atom. The summed E-state index contributed by atoms with van der Waals surface area (Å²) >= 11 is 0. The highest BCUT2D eigenvalue weighted by Crippen LogP contribution is 2.06. The second-order valence-corrected chi connectivity index (χ2v) is 3.17. The van der Waals surface area contributed by atoms with Crippen LogP contribution in [-0.2, 0) is 9.59 Å². The van der Waals surface area contributed by atoms with Gasteiger partial charge in [0.2, 0.25) is 0 Å². The molecule has 1 atom stereocenters. The molecule has 1 aliphatic rings. The van der Waals surface area contributed by atoms with E-state index in [9.17, 15) is 9.59 Å². The average Bonchev–Trinajstić information content (AvgIpc) is 2.19. The lowest BCUT2D eigenvalue weighted by Crippen LogP contribution is -2.37. The molecule has 1 fully saturated rings. The predicted molar refractivity (Wildman–Crippen MR) is 44.4 cm³/mol. The van der Waals surface area contributed by atoms with Crippen LogP contribution in [0.2, 0.25) is 0 Å². The fourth-order valence-corrected chi connectivity index (χ4v) is 1.29. The van der Waals surface area contributed by atoms with Crippen LogP contribution in [0.1, 0.15) is 13.3 Å². The van der Waals surface area contributed by atoms with Crippen LogP contribution in [0.15, 0.2) is 0 Å². The Hall–Kier alpha value is -1.06. The Bertz CT molecular complexity index is 203. The quantitative estimate of drug-likeness (QED) is 0.544. The maximum Gasteiger partial charge on any atom is 0.311 e. The molecule has 1 rings (SSSR count). The Labute approximate surface area is 71.9 Å². The van der Waals surface area contributed by atoms with Gasteiger partial charge in [-0.3, -0.25) is 9.59 Å². The minimum atomic E-state index is -0.478. The first kappa shape index (κ1) is 9.03. The summed E-state index contributed by atoms with van der Waals surface area (Å²) in [6.07, 6.45) is 0.984. The molecule has 1 aliphatic heterocycles. The van der Waals surface area contributed by atoms with Gasteiger partial charge < -0.3 is 10.2 Å². The number of amides is 2. The molecule has 0 saturated carbocycles. The molecule has 0 aromatic heterocycles. The summed E-state index contributed by atoms with van der Waals surface area (Å²) < 4.78 is 0. The number of carbonyl (C=O) groups is 2. The van der Waals surface area contributed by atoms with Gasteiger partial charge >= 0.3 is 11.8 Å². The molecule has 2 amide bonds. The highest BCUT2D eigenvalue weighted by atomic mass is 16.2. The van der Waals surface area contributed by atoms with Gasteiger partial charge in [0.1, 0.15) is 0 Å². The summed E-state index contributed by atoms with van der Waals surface area (Å²) in [5.41, 5.74) is 0. The molecule has 0 aromatic carbocycles. The van der Waals surface area contributed by atoms with Gasteiger partial charge in [0, 0.05) is 20.1 Å².